The van der Waals surface area contributed by atoms with Crippen molar-refractivity contribution >= 4 is 46.6 Å². The highest BCUT2D eigenvalue weighted by atomic mass is 35.5. The van der Waals surface area contributed by atoms with E-state index in [4.69, 9.17) is 23.2 Å². The van der Waals surface area contributed by atoms with Crippen molar-refractivity contribution < 1.29 is 14.4 Å². The quantitative estimate of drug-likeness (QED) is 0.429. The maximum atomic E-state index is 13.0. The Bertz CT molecular complexity index is 1290. The normalized spacial score (nSPS) is 13.4. The van der Waals surface area contributed by atoms with Crippen LogP contribution < -0.4 is 10.2 Å². The molecular weight excluding hydrogens is 485 g/mol. The van der Waals surface area contributed by atoms with E-state index >= 15 is 0 Å². The Kier molecular flexibility index (Phi) is 7.54. The molecule has 0 fully saturated rings. The lowest BCUT2D eigenvalue weighted by Gasteiger charge is -2.21. The molecule has 0 aromatic heterocycles. The number of benzene rings is 3. The Hall–Kier alpha value is -3.61. The molecule has 3 aromatic rings. The number of halogens is 2. The van der Waals surface area contributed by atoms with Crippen molar-refractivity contribution in [2.24, 2.45) is 0 Å². The van der Waals surface area contributed by atoms with Crippen LogP contribution >= 0.6 is 23.2 Å². The highest BCUT2D eigenvalue weighted by Crippen LogP contribution is 2.26. The number of nitrogens with one attached hydrogen (secondary N) is 1. The summed E-state index contributed by atoms with van der Waals surface area (Å²) in [6, 6.07) is 23.6. The minimum atomic E-state index is -0.569. The molecule has 6 nitrogen and oxygen atoms in total. The molecule has 0 bridgehead atoms. The Morgan fingerprint density at radius 2 is 1.54 bits per heavy atom. The maximum Gasteiger partial charge on any atom is 0.278 e. The fourth-order valence-electron chi connectivity index (χ4n) is 3.80. The van der Waals surface area contributed by atoms with E-state index in [1.54, 1.807) is 53.4 Å². The smallest absolute Gasteiger partial charge is 0.278 e. The standard InChI is InChI=1S/C27H23Cl2N3O3/c1-2-31(21-9-4-3-5-10-21)25(33)19-14-12-18(13-15-19)16-30-24-23(29)26(34)32(27(24)35)17-20-8-6-7-11-22(20)28/h3-15,30H,2,16-17H2,1H3. The molecule has 3 aromatic carbocycles. The second-order valence-electron chi connectivity index (χ2n) is 7.91. The van der Waals surface area contributed by atoms with Gasteiger partial charge >= 0.3 is 0 Å². The summed E-state index contributed by atoms with van der Waals surface area (Å²) in [7, 11) is 0. The molecule has 1 aliphatic rings. The van der Waals surface area contributed by atoms with Gasteiger partial charge in [0.2, 0.25) is 0 Å². The monoisotopic (exact) mass is 507 g/mol. The van der Waals surface area contributed by atoms with Gasteiger partial charge in [-0.25, -0.2) is 0 Å². The summed E-state index contributed by atoms with van der Waals surface area (Å²) < 4.78 is 0. The number of amides is 3. The van der Waals surface area contributed by atoms with Gasteiger partial charge in [0.05, 0.1) is 6.54 Å². The van der Waals surface area contributed by atoms with Crippen molar-refractivity contribution in [2.45, 2.75) is 20.0 Å². The third-order valence-electron chi connectivity index (χ3n) is 5.70. The van der Waals surface area contributed by atoms with Crippen molar-refractivity contribution in [3.8, 4) is 0 Å². The number of anilines is 1. The maximum absolute atomic E-state index is 13.0. The molecule has 0 radical (unpaired) electrons. The number of carbonyl (C=O) groups excluding carboxylic acids is 3. The van der Waals surface area contributed by atoms with E-state index in [0.29, 0.717) is 22.7 Å². The summed E-state index contributed by atoms with van der Waals surface area (Å²) in [6.07, 6.45) is 0. The number of hydrogen-bond acceptors (Lipinski definition) is 4. The second kappa shape index (κ2) is 10.8. The minimum Gasteiger partial charge on any atom is -0.375 e. The van der Waals surface area contributed by atoms with Gasteiger partial charge in [-0.15, -0.1) is 0 Å². The Morgan fingerprint density at radius 3 is 2.20 bits per heavy atom. The largest absolute Gasteiger partial charge is 0.375 e. The Morgan fingerprint density at radius 1 is 0.886 bits per heavy atom. The zero-order valence-corrected chi connectivity index (χ0v) is 20.5. The summed E-state index contributed by atoms with van der Waals surface area (Å²) in [5.74, 6) is -1.18. The molecule has 3 amide bonds. The van der Waals surface area contributed by atoms with Gasteiger partial charge in [-0.05, 0) is 48.4 Å². The summed E-state index contributed by atoms with van der Waals surface area (Å²) in [5.41, 5.74) is 2.91. The number of carbonyl (C=O) groups is 3. The number of imide groups is 1. The summed E-state index contributed by atoms with van der Waals surface area (Å²) in [6.45, 7) is 2.76. The van der Waals surface area contributed by atoms with Crippen molar-refractivity contribution in [2.75, 3.05) is 11.4 Å². The van der Waals surface area contributed by atoms with Gasteiger partial charge in [-0.3, -0.25) is 19.3 Å². The van der Waals surface area contributed by atoms with Crippen LogP contribution in [0.5, 0.6) is 0 Å². The van der Waals surface area contributed by atoms with Crippen LogP contribution in [0.4, 0.5) is 5.69 Å². The van der Waals surface area contributed by atoms with Gasteiger partial charge in [-0.1, -0.05) is 71.7 Å². The zero-order valence-electron chi connectivity index (χ0n) is 19.0. The predicted octanol–water partition coefficient (Wildman–Crippen LogP) is 5.12. The third-order valence-corrected chi connectivity index (χ3v) is 6.42. The lowest BCUT2D eigenvalue weighted by molar-refractivity contribution is -0.138. The van der Waals surface area contributed by atoms with E-state index in [1.807, 2.05) is 37.3 Å². The first-order valence-electron chi connectivity index (χ1n) is 11.1. The van der Waals surface area contributed by atoms with E-state index in [1.165, 1.54) is 0 Å². The summed E-state index contributed by atoms with van der Waals surface area (Å²) in [4.78, 5) is 41.2. The third kappa shape index (κ3) is 5.24. The predicted molar refractivity (Wildman–Crippen MR) is 137 cm³/mol. The number of rotatable bonds is 8. The fourth-order valence-corrected chi connectivity index (χ4v) is 4.25. The van der Waals surface area contributed by atoms with Crippen molar-refractivity contribution in [3.05, 3.63) is 111 Å². The van der Waals surface area contributed by atoms with E-state index < -0.39 is 11.8 Å². The summed E-state index contributed by atoms with van der Waals surface area (Å²) >= 11 is 12.4. The van der Waals surface area contributed by atoms with Crippen LogP contribution in [-0.4, -0.2) is 29.2 Å². The van der Waals surface area contributed by atoms with E-state index in [0.717, 1.165) is 16.2 Å². The molecule has 0 aliphatic carbocycles. The SMILES string of the molecule is CCN(C(=O)c1ccc(CNC2=C(Cl)C(=O)N(Cc3ccccc3Cl)C2=O)cc1)c1ccccc1. The molecule has 1 N–H and O–H groups in total. The van der Waals surface area contributed by atoms with Crippen LogP contribution in [0.3, 0.4) is 0 Å². The van der Waals surface area contributed by atoms with Crippen LogP contribution in [0.15, 0.2) is 89.6 Å². The van der Waals surface area contributed by atoms with Gasteiger partial charge in [0.1, 0.15) is 10.7 Å². The first kappa shape index (κ1) is 24.5. The number of hydrogen-bond donors (Lipinski definition) is 1. The van der Waals surface area contributed by atoms with Gasteiger partial charge in [-0.2, -0.15) is 0 Å². The van der Waals surface area contributed by atoms with Gasteiger partial charge < -0.3 is 10.2 Å². The van der Waals surface area contributed by atoms with Crippen LogP contribution in [-0.2, 0) is 22.7 Å². The molecule has 0 saturated heterocycles. The Labute approximate surface area is 213 Å². The number of nitrogens with zero attached hydrogens (tertiary/aromatic N) is 2. The fraction of sp³-hybridized carbons (Fsp3) is 0.148. The second-order valence-corrected chi connectivity index (χ2v) is 8.70. The minimum absolute atomic E-state index is 0.0326. The molecule has 1 aliphatic heterocycles. The van der Waals surface area contributed by atoms with Gasteiger partial charge in [0, 0.05) is 29.4 Å². The van der Waals surface area contributed by atoms with Gasteiger partial charge in [0.15, 0.2) is 0 Å². The topological polar surface area (TPSA) is 69.7 Å². The van der Waals surface area contributed by atoms with Crippen molar-refractivity contribution in [3.63, 3.8) is 0 Å². The molecule has 0 saturated carbocycles. The first-order chi connectivity index (χ1) is 16.9. The molecule has 0 unspecified atom stereocenters. The van der Waals surface area contributed by atoms with E-state index in [2.05, 4.69) is 5.32 Å². The van der Waals surface area contributed by atoms with Crippen LogP contribution in [0.2, 0.25) is 5.02 Å². The highest BCUT2D eigenvalue weighted by Gasteiger charge is 2.37. The number of para-hydroxylation sites is 1. The lowest BCUT2D eigenvalue weighted by Crippen LogP contribution is -2.33. The molecular formula is C27H23Cl2N3O3. The molecule has 0 atom stereocenters. The van der Waals surface area contributed by atoms with Crippen LogP contribution in [0.25, 0.3) is 0 Å². The van der Waals surface area contributed by atoms with Gasteiger partial charge in [0.25, 0.3) is 17.7 Å². The van der Waals surface area contributed by atoms with E-state index in [-0.39, 0.29) is 29.7 Å². The van der Waals surface area contributed by atoms with E-state index in [9.17, 15) is 14.4 Å². The zero-order chi connectivity index (χ0) is 24.9. The molecule has 0 spiro atoms. The van der Waals surface area contributed by atoms with Crippen molar-refractivity contribution in [1.29, 1.82) is 0 Å². The first-order valence-corrected chi connectivity index (χ1v) is 11.9. The lowest BCUT2D eigenvalue weighted by atomic mass is 10.1. The average Bonchev–Trinajstić information content (AvgIpc) is 3.08. The molecule has 8 heteroatoms. The highest BCUT2D eigenvalue weighted by molar-refractivity contribution is 6.47. The molecule has 4 rings (SSSR count). The molecule has 35 heavy (non-hydrogen) atoms. The van der Waals surface area contributed by atoms with Crippen LogP contribution in [0.1, 0.15) is 28.4 Å². The summed E-state index contributed by atoms with van der Waals surface area (Å²) in [5, 5.41) is 3.28. The molecule has 1 heterocycles. The average molecular weight is 508 g/mol. The molecule has 178 valence electrons. The van der Waals surface area contributed by atoms with Crippen LogP contribution in [0, 0.1) is 0 Å². The Balaban J connectivity index is 1.41. The van der Waals surface area contributed by atoms with Crippen molar-refractivity contribution in [1.82, 2.24) is 10.2 Å².